The van der Waals surface area contributed by atoms with E-state index in [0.29, 0.717) is 37.4 Å². The number of methoxy groups -OCH3 is 1. The number of aromatic nitrogens is 3. The maximum Gasteiger partial charge on any atom is 0.268 e. The molecule has 0 aliphatic carbocycles. The number of carbonyl (C=O) groups is 3. The second-order valence-corrected chi connectivity index (χ2v) is 10.9. The lowest BCUT2D eigenvalue weighted by molar-refractivity contribution is -0.126. The molecule has 1 fully saturated rings. The van der Waals surface area contributed by atoms with Gasteiger partial charge in [-0.3, -0.25) is 19.7 Å². The lowest BCUT2D eigenvalue weighted by Crippen LogP contribution is -2.56. The number of fused-ring (bicyclic) bond motifs is 1. The number of aromatic amines is 2. The van der Waals surface area contributed by atoms with Crippen molar-refractivity contribution in [1.82, 2.24) is 36.2 Å². The lowest BCUT2D eigenvalue weighted by Gasteiger charge is -2.28. The van der Waals surface area contributed by atoms with Gasteiger partial charge in [-0.2, -0.15) is 5.26 Å². The van der Waals surface area contributed by atoms with Crippen molar-refractivity contribution in [2.75, 3.05) is 13.7 Å². The zero-order valence-corrected chi connectivity index (χ0v) is 23.8. The van der Waals surface area contributed by atoms with Crippen LogP contribution >= 0.6 is 0 Å². The molecule has 4 atom stereocenters. The number of H-pyrrole nitrogens is 2. The Morgan fingerprint density at radius 1 is 1.24 bits per heavy atom. The molecule has 1 aliphatic heterocycles. The summed E-state index contributed by atoms with van der Waals surface area (Å²) >= 11 is 0. The van der Waals surface area contributed by atoms with Crippen LogP contribution in [-0.4, -0.2) is 64.5 Å². The van der Waals surface area contributed by atoms with E-state index in [1.54, 1.807) is 19.4 Å². The van der Waals surface area contributed by atoms with Gasteiger partial charge in [0, 0.05) is 41.8 Å². The van der Waals surface area contributed by atoms with Crippen LogP contribution in [0.4, 0.5) is 0 Å². The Hall–Kier alpha value is -4.37. The molecule has 3 aromatic rings. The molecule has 1 unspecified atom stereocenters. The molecule has 1 aromatic carbocycles. The van der Waals surface area contributed by atoms with Gasteiger partial charge in [0.2, 0.25) is 11.8 Å². The Morgan fingerprint density at radius 2 is 2.05 bits per heavy atom. The van der Waals surface area contributed by atoms with E-state index in [-0.39, 0.29) is 24.2 Å². The maximum atomic E-state index is 13.7. The van der Waals surface area contributed by atoms with Gasteiger partial charge in [-0.15, -0.1) is 0 Å². The molecule has 4 rings (SSSR count). The van der Waals surface area contributed by atoms with E-state index in [1.807, 2.05) is 39.0 Å². The zero-order chi connectivity index (χ0) is 29.5. The fraction of sp³-hybridized carbons (Fsp3) is 0.483. The number of benzene rings is 1. The summed E-state index contributed by atoms with van der Waals surface area (Å²) in [5.41, 5.74) is 1.84. The Morgan fingerprint density at radius 3 is 2.68 bits per heavy atom. The van der Waals surface area contributed by atoms with Gasteiger partial charge in [0.1, 0.15) is 29.4 Å². The molecular weight excluding hydrogens is 524 g/mol. The van der Waals surface area contributed by atoms with Crippen molar-refractivity contribution >= 4 is 28.6 Å². The highest BCUT2D eigenvalue weighted by Crippen LogP contribution is 2.26. The molecule has 1 aliphatic rings. The van der Waals surface area contributed by atoms with Crippen molar-refractivity contribution < 1.29 is 19.1 Å². The summed E-state index contributed by atoms with van der Waals surface area (Å²) in [7, 11) is 1.57. The van der Waals surface area contributed by atoms with E-state index in [9.17, 15) is 19.6 Å². The van der Waals surface area contributed by atoms with Crippen LogP contribution in [0.2, 0.25) is 0 Å². The van der Waals surface area contributed by atoms with E-state index >= 15 is 0 Å². The summed E-state index contributed by atoms with van der Waals surface area (Å²) in [5.74, 6) is 0.223. The number of ether oxygens (including phenoxy) is 1. The fourth-order valence-electron chi connectivity index (χ4n) is 5.16. The van der Waals surface area contributed by atoms with Crippen LogP contribution in [0.15, 0.2) is 30.5 Å². The van der Waals surface area contributed by atoms with Gasteiger partial charge in [-0.25, -0.2) is 4.98 Å². The van der Waals surface area contributed by atoms with Crippen LogP contribution in [0, 0.1) is 30.1 Å². The fourth-order valence-corrected chi connectivity index (χ4v) is 5.16. The maximum absolute atomic E-state index is 13.7. The number of hydrogen-bond donors (Lipinski definition) is 6. The highest BCUT2D eigenvalue weighted by atomic mass is 16.5. The van der Waals surface area contributed by atoms with Crippen LogP contribution in [0.25, 0.3) is 10.9 Å². The van der Waals surface area contributed by atoms with Crippen molar-refractivity contribution in [1.29, 1.82) is 5.26 Å². The number of amides is 3. The molecule has 0 spiro atoms. The predicted molar refractivity (Wildman–Crippen MR) is 153 cm³/mol. The SMILES string of the molecule is COc1cccc2[nH]c(C(=O)N[C@@H](CC(C)C)C(=O)N[C@@H](C[C@@H]3CCNC3=O)C(C#N)NCc3cnc(C)[nH]3)cc12. The second-order valence-electron chi connectivity index (χ2n) is 10.9. The smallest absolute Gasteiger partial charge is 0.268 e. The standard InChI is InChI=1S/C29H38N8O4/c1-16(2)10-23(37-29(40)24-12-20-21(35-24)6-5-7-26(20)41-4)28(39)36-22(11-18-8-9-31-27(18)38)25(13-30)33-15-19-14-32-17(3)34-19/h5-7,12,14,16,18,22-23,25,33,35H,8-11,15H2,1-4H3,(H,31,38)(H,32,34)(H,36,39)(H,37,40)/t18-,22-,23-,25?/m0/s1. The molecule has 3 amide bonds. The first-order valence-corrected chi connectivity index (χ1v) is 13.9. The van der Waals surface area contributed by atoms with Crippen molar-refractivity contribution in [2.24, 2.45) is 11.8 Å². The summed E-state index contributed by atoms with van der Waals surface area (Å²) in [5, 5.41) is 22.7. The van der Waals surface area contributed by atoms with E-state index < -0.39 is 29.9 Å². The monoisotopic (exact) mass is 562 g/mol. The molecule has 218 valence electrons. The van der Waals surface area contributed by atoms with E-state index in [1.165, 1.54) is 0 Å². The van der Waals surface area contributed by atoms with Crippen molar-refractivity contribution in [3.8, 4) is 11.8 Å². The minimum Gasteiger partial charge on any atom is -0.496 e. The highest BCUT2D eigenvalue weighted by molar-refractivity contribution is 6.01. The number of hydrogen-bond acceptors (Lipinski definition) is 7. The quantitative estimate of drug-likeness (QED) is 0.185. The molecule has 1 saturated heterocycles. The third-order valence-corrected chi connectivity index (χ3v) is 7.26. The predicted octanol–water partition coefficient (Wildman–Crippen LogP) is 2.05. The first-order chi connectivity index (χ1) is 19.7. The Bertz CT molecular complexity index is 1420. The number of carbonyl (C=O) groups excluding carboxylic acids is 3. The molecule has 6 N–H and O–H groups in total. The first-order valence-electron chi connectivity index (χ1n) is 13.9. The molecule has 41 heavy (non-hydrogen) atoms. The van der Waals surface area contributed by atoms with Crippen LogP contribution in [0.1, 0.15) is 55.1 Å². The Kier molecular flexibility index (Phi) is 9.62. The normalized spacial score (nSPS) is 17.1. The van der Waals surface area contributed by atoms with Gasteiger partial charge in [-0.1, -0.05) is 19.9 Å². The second kappa shape index (κ2) is 13.3. The van der Waals surface area contributed by atoms with Gasteiger partial charge in [0.05, 0.1) is 19.2 Å². The van der Waals surface area contributed by atoms with Crippen molar-refractivity contribution in [2.45, 2.75) is 64.7 Å². The molecule has 3 heterocycles. The highest BCUT2D eigenvalue weighted by Gasteiger charge is 2.34. The Balaban J connectivity index is 1.51. The van der Waals surface area contributed by atoms with Gasteiger partial charge in [-0.05, 0) is 50.3 Å². The van der Waals surface area contributed by atoms with Crippen molar-refractivity contribution in [3.63, 3.8) is 0 Å². The van der Waals surface area contributed by atoms with Crippen LogP contribution in [0.5, 0.6) is 5.75 Å². The summed E-state index contributed by atoms with van der Waals surface area (Å²) < 4.78 is 5.40. The molecule has 12 nitrogen and oxygen atoms in total. The summed E-state index contributed by atoms with van der Waals surface area (Å²) in [6.45, 7) is 6.66. The number of nitriles is 1. The van der Waals surface area contributed by atoms with Gasteiger partial charge < -0.3 is 30.7 Å². The Labute approximate surface area is 239 Å². The van der Waals surface area contributed by atoms with E-state index in [4.69, 9.17) is 4.74 Å². The molecule has 0 radical (unpaired) electrons. The average Bonchev–Trinajstić information content (AvgIpc) is 3.67. The first kappa shape index (κ1) is 29.6. The molecule has 0 bridgehead atoms. The van der Waals surface area contributed by atoms with E-state index in [0.717, 1.165) is 22.4 Å². The van der Waals surface area contributed by atoms with Crippen LogP contribution in [0.3, 0.4) is 0 Å². The summed E-state index contributed by atoms with van der Waals surface area (Å²) in [6.07, 6.45) is 2.98. The largest absolute Gasteiger partial charge is 0.496 e. The van der Waals surface area contributed by atoms with Gasteiger partial charge >= 0.3 is 0 Å². The number of nitrogens with zero attached hydrogens (tertiary/aromatic N) is 2. The number of nitrogens with one attached hydrogen (secondary N) is 6. The molecule has 12 heteroatoms. The zero-order valence-electron chi connectivity index (χ0n) is 23.8. The van der Waals surface area contributed by atoms with Gasteiger partial charge in [0.15, 0.2) is 0 Å². The summed E-state index contributed by atoms with van der Waals surface area (Å²) in [6, 6.07) is 7.11. The van der Waals surface area contributed by atoms with Crippen LogP contribution in [-0.2, 0) is 16.1 Å². The average molecular weight is 563 g/mol. The lowest BCUT2D eigenvalue weighted by atomic mass is 9.93. The number of aryl methyl sites for hydroxylation is 1. The minimum atomic E-state index is -0.856. The number of rotatable bonds is 13. The van der Waals surface area contributed by atoms with Crippen LogP contribution < -0.4 is 26.0 Å². The molecule has 0 saturated carbocycles. The van der Waals surface area contributed by atoms with Gasteiger partial charge in [0.25, 0.3) is 5.91 Å². The molecule has 2 aromatic heterocycles. The summed E-state index contributed by atoms with van der Waals surface area (Å²) in [4.78, 5) is 49.7. The molecular formula is C29H38N8O4. The number of imidazole rings is 1. The third kappa shape index (κ3) is 7.43. The topological polar surface area (TPSA) is 177 Å². The third-order valence-electron chi connectivity index (χ3n) is 7.26. The van der Waals surface area contributed by atoms with E-state index in [2.05, 4.69) is 42.3 Å². The minimum absolute atomic E-state index is 0.0913. The van der Waals surface area contributed by atoms with Crippen molar-refractivity contribution in [3.05, 3.63) is 47.7 Å².